The summed E-state index contributed by atoms with van der Waals surface area (Å²) in [6.07, 6.45) is 0.704. The Labute approximate surface area is 136 Å². The molecule has 0 aliphatic heterocycles. The van der Waals surface area contributed by atoms with Crippen molar-refractivity contribution in [2.24, 2.45) is 11.8 Å². The summed E-state index contributed by atoms with van der Waals surface area (Å²) in [5.41, 5.74) is 0. The van der Waals surface area contributed by atoms with Crippen LogP contribution in [-0.4, -0.2) is 28.3 Å². The van der Waals surface area contributed by atoms with Gasteiger partial charge in [0.25, 0.3) is 0 Å². The molecule has 0 heterocycles. The molecule has 3 atom stereocenters. The number of rotatable bonds is 8. The van der Waals surface area contributed by atoms with Gasteiger partial charge in [-0.1, -0.05) is 52.3 Å². The zero-order valence-electron chi connectivity index (χ0n) is 13.6. The minimum Gasteiger partial charge on any atom is -0.480 e. The average molecular weight is 323 g/mol. The Hall–Kier alpha value is -1.49. The standard InChI is InChI=1S/C17H25NO3S/c1-5-12(4)14(17(20)21)18-16(19)15(11(2)3)22-13-9-7-6-8-10-13/h6-12,14-15H,5H2,1-4H3,(H,18,19)(H,20,21). The van der Waals surface area contributed by atoms with Crippen molar-refractivity contribution in [3.8, 4) is 0 Å². The number of hydrogen-bond acceptors (Lipinski definition) is 3. The van der Waals surface area contributed by atoms with E-state index in [1.54, 1.807) is 0 Å². The molecule has 4 nitrogen and oxygen atoms in total. The first kappa shape index (κ1) is 18.6. The van der Waals surface area contributed by atoms with Crippen LogP contribution in [0.3, 0.4) is 0 Å². The number of amides is 1. The summed E-state index contributed by atoms with van der Waals surface area (Å²) in [5.74, 6) is -1.18. The number of aliphatic carboxylic acids is 1. The van der Waals surface area contributed by atoms with E-state index < -0.39 is 12.0 Å². The maximum atomic E-state index is 12.5. The molecule has 1 amide bonds. The van der Waals surface area contributed by atoms with Crippen molar-refractivity contribution in [1.29, 1.82) is 0 Å². The first-order valence-electron chi connectivity index (χ1n) is 7.61. The van der Waals surface area contributed by atoms with Gasteiger partial charge in [0, 0.05) is 4.90 Å². The second kappa shape index (κ2) is 8.83. The van der Waals surface area contributed by atoms with Crippen molar-refractivity contribution in [2.75, 3.05) is 0 Å². The molecule has 3 unspecified atom stereocenters. The van der Waals surface area contributed by atoms with Gasteiger partial charge in [0.1, 0.15) is 6.04 Å². The lowest BCUT2D eigenvalue weighted by Crippen LogP contribution is -2.49. The number of carbonyl (C=O) groups is 2. The minimum atomic E-state index is -0.977. The normalized spacial score (nSPS) is 15.1. The highest BCUT2D eigenvalue weighted by molar-refractivity contribution is 8.00. The Kier molecular flexibility index (Phi) is 7.45. The van der Waals surface area contributed by atoms with Gasteiger partial charge < -0.3 is 10.4 Å². The molecule has 1 aromatic rings. The van der Waals surface area contributed by atoms with Gasteiger partial charge in [-0.25, -0.2) is 4.79 Å². The van der Waals surface area contributed by atoms with Gasteiger partial charge >= 0.3 is 5.97 Å². The van der Waals surface area contributed by atoms with Crippen LogP contribution in [0.4, 0.5) is 0 Å². The Morgan fingerprint density at radius 3 is 2.23 bits per heavy atom. The van der Waals surface area contributed by atoms with Crippen LogP contribution in [-0.2, 0) is 9.59 Å². The Bertz CT molecular complexity index is 490. The van der Waals surface area contributed by atoms with Gasteiger partial charge in [0.15, 0.2) is 0 Å². The van der Waals surface area contributed by atoms with Gasteiger partial charge in [-0.05, 0) is 24.0 Å². The summed E-state index contributed by atoms with van der Waals surface area (Å²) in [6, 6.07) is 8.86. The van der Waals surface area contributed by atoms with Crippen molar-refractivity contribution in [1.82, 2.24) is 5.32 Å². The van der Waals surface area contributed by atoms with Crippen LogP contribution in [0.25, 0.3) is 0 Å². The SMILES string of the molecule is CCC(C)C(NC(=O)C(Sc1ccccc1)C(C)C)C(=O)O. The molecule has 0 saturated heterocycles. The molecule has 0 fully saturated rings. The zero-order chi connectivity index (χ0) is 16.7. The van der Waals surface area contributed by atoms with Gasteiger partial charge in [-0.15, -0.1) is 11.8 Å². The van der Waals surface area contributed by atoms with Gasteiger partial charge in [0.2, 0.25) is 5.91 Å². The summed E-state index contributed by atoms with van der Waals surface area (Å²) >= 11 is 1.47. The highest BCUT2D eigenvalue weighted by Gasteiger charge is 2.30. The van der Waals surface area contributed by atoms with Crippen LogP contribution in [0.5, 0.6) is 0 Å². The van der Waals surface area contributed by atoms with Gasteiger partial charge in [-0.2, -0.15) is 0 Å². The van der Waals surface area contributed by atoms with Crippen molar-refractivity contribution < 1.29 is 14.7 Å². The number of carbonyl (C=O) groups excluding carboxylic acids is 1. The lowest BCUT2D eigenvalue weighted by atomic mass is 9.98. The maximum Gasteiger partial charge on any atom is 0.326 e. The summed E-state index contributed by atoms with van der Waals surface area (Å²) in [6.45, 7) is 7.71. The number of thioether (sulfide) groups is 1. The largest absolute Gasteiger partial charge is 0.480 e. The molecule has 0 aliphatic carbocycles. The van der Waals surface area contributed by atoms with E-state index in [0.29, 0.717) is 6.42 Å². The van der Waals surface area contributed by atoms with Gasteiger partial charge in [-0.3, -0.25) is 4.79 Å². The highest BCUT2D eigenvalue weighted by Crippen LogP contribution is 2.28. The van der Waals surface area contributed by atoms with Crippen LogP contribution in [0, 0.1) is 11.8 Å². The fourth-order valence-corrected chi connectivity index (χ4v) is 3.11. The predicted molar refractivity (Wildman–Crippen MR) is 89.9 cm³/mol. The Morgan fingerprint density at radius 1 is 1.18 bits per heavy atom. The first-order chi connectivity index (χ1) is 10.4. The van der Waals surface area contributed by atoms with Crippen molar-refractivity contribution in [3.63, 3.8) is 0 Å². The van der Waals surface area contributed by atoms with Crippen LogP contribution in [0.1, 0.15) is 34.1 Å². The molecule has 2 N–H and O–H groups in total. The number of hydrogen-bond donors (Lipinski definition) is 2. The first-order valence-corrected chi connectivity index (χ1v) is 8.49. The zero-order valence-corrected chi connectivity index (χ0v) is 14.4. The molecule has 0 saturated carbocycles. The third-order valence-electron chi connectivity index (χ3n) is 3.65. The molecule has 1 aromatic carbocycles. The highest BCUT2D eigenvalue weighted by atomic mass is 32.2. The second-order valence-corrected chi connectivity index (χ2v) is 7.02. The lowest BCUT2D eigenvalue weighted by molar-refractivity contribution is -0.143. The second-order valence-electron chi connectivity index (χ2n) is 5.81. The van der Waals surface area contributed by atoms with E-state index in [2.05, 4.69) is 5.32 Å². The predicted octanol–water partition coefficient (Wildman–Crippen LogP) is 3.42. The summed E-state index contributed by atoms with van der Waals surface area (Å²) in [7, 11) is 0. The van der Waals surface area contributed by atoms with Crippen LogP contribution >= 0.6 is 11.8 Å². The third kappa shape index (κ3) is 5.37. The molecule has 0 spiro atoms. The molecular formula is C17H25NO3S. The summed E-state index contributed by atoms with van der Waals surface area (Å²) < 4.78 is 0. The van der Waals surface area contributed by atoms with E-state index in [1.165, 1.54) is 11.8 Å². The van der Waals surface area contributed by atoms with E-state index in [0.717, 1.165) is 4.90 Å². The number of carboxylic acid groups (broad SMARTS) is 1. The number of carboxylic acids is 1. The summed E-state index contributed by atoms with van der Waals surface area (Å²) in [4.78, 5) is 24.9. The van der Waals surface area contributed by atoms with Gasteiger partial charge in [0.05, 0.1) is 5.25 Å². The molecule has 0 radical (unpaired) electrons. The lowest BCUT2D eigenvalue weighted by Gasteiger charge is -2.25. The minimum absolute atomic E-state index is 0.101. The molecular weight excluding hydrogens is 298 g/mol. The smallest absolute Gasteiger partial charge is 0.326 e. The molecule has 1 rings (SSSR count). The Balaban J connectivity index is 2.82. The topological polar surface area (TPSA) is 66.4 Å². The van der Waals surface area contributed by atoms with Crippen LogP contribution in [0.15, 0.2) is 35.2 Å². The average Bonchev–Trinajstić information content (AvgIpc) is 2.49. The van der Waals surface area contributed by atoms with Crippen molar-refractivity contribution in [2.45, 2.75) is 50.3 Å². The maximum absolute atomic E-state index is 12.5. The molecule has 5 heteroatoms. The molecule has 0 bridgehead atoms. The van der Waals surface area contributed by atoms with Crippen molar-refractivity contribution in [3.05, 3.63) is 30.3 Å². The third-order valence-corrected chi connectivity index (χ3v) is 5.20. The number of benzene rings is 1. The molecule has 0 aliphatic rings. The van der Waals surface area contributed by atoms with Crippen LogP contribution < -0.4 is 5.32 Å². The van der Waals surface area contributed by atoms with E-state index in [-0.39, 0.29) is 23.0 Å². The van der Waals surface area contributed by atoms with E-state index >= 15 is 0 Å². The monoisotopic (exact) mass is 323 g/mol. The molecule has 0 aromatic heterocycles. The molecule has 22 heavy (non-hydrogen) atoms. The fourth-order valence-electron chi connectivity index (χ4n) is 2.06. The molecule has 122 valence electrons. The van der Waals surface area contributed by atoms with Crippen LogP contribution in [0.2, 0.25) is 0 Å². The van der Waals surface area contributed by atoms with E-state index in [1.807, 2.05) is 58.0 Å². The van der Waals surface area contributed by atoms with E-state index in [4.69, 9.17) is 0 Å². The fraction of sp³-hybridized carbons (Fsp3) is 0.529. The quantitative estimate of drug-likeness (QED) is 0.719. The Morgan fingerprint density at radius 2 is 1.77 bits per heavy atom. The van der Waals surface area contributed by atoms with E-state index in [9.17, 15) is 14.7 Å². The summed E-state index contributed by atoms with van der Waals surface area (Å²) in [5, 5.41) is 11.7. The number of nitrogens with one attached hydrogen (secondary N) is 1. The van der Waals surface area contributed by atoms with Crippen molar-refractivity contribution >= 4 is 23.6 Å².